The van der Waals surface area contributed by atoms with Crippen LogP contribution in [0.5, 0.6) is 0 Å². The summed E-state index contributed by atoms with van der Waals surface area (Å²) in [7, 11) is 0. The summed E-state index contributed by atoms with van der Waals surface area (Å²) in [5, 5.41) is 0.645. The van der Waals surface area contributed by atoms with Crippen LogP contribution in [-0.4, -0.2) is 50.8 Å². The van der Waals surface area contributed by atoms with E-state index in [1.807, 2.05) is 17.7 Å². The molecule has 1 aliphatic heterocycles. The summed E-state index contributed by atoms with van der Waals surface area (Å²) in [6.45, 7) is 7.24. The Labute approximate surface area is 82.4 Å². The quantitative estimate of drug-likeness (QED) is 0.691. The number of morpholine rings is 1. The minimum atomic E-state index is -3.17. The number of nitrogens with zero attached hydrogens (tertiary/aromatic N) is 1. The molecule has 0 N–H and O–H groups in total. The molecular weight excluding hydrogens is 233 g/mol. The first-order valence-corrected chi connectivity index (χ1v) is 8.49. The second-order valence-electron chi connectivity index (χ2n) is 2.94. The standard InChI is InChI=1S/C8H18AsNO3/c1-3-9(11,13-4-2)10-5-7-12-8-6-10/h3-8H2,1-2H3. The molecule has 1 fully saturated rings. The predicted molar refractivity (Wildman–Crippen MR) is 50.9 cm³/mol. The van der Waals surface area contributed by atoms with Gasteiger partial charge in [0.15, 0.2) is 0 Å². The van der Waals surface area contributed by atoms with Crippen LogP contribution < -0.4 is 0 Å². The van der Waals surface area contributed by atoms with Gasteiger partial charge in [-0.1, -0.05) is 0 Å². The second kappa shape index (κ2) is 5.20. The van der Waals surface area contributed by atoms with E-state index in [2.05, 4.69) is 0 Å². The van der Waals surface area contributed by atoms with Crippen molar-refractivity contribution in [3.8, 4) is 0 Å². The maximum absolute atomic E-state index is 12.2. The van der Waals surface area contributed by atoms with Crippen molar-refractivity contribution in [2.24, 2.45) is 0 Å². The molecule has 4 nitrogen and oxygen atoms in total. The van der Waals surface area contributed by atoms with Gasteiger partial charge in [0.25, 0.3) is 0 Å². The van der Waals surface area contributed by atoms with Gasteiger partial charge in [0.2, 0.25) is 0 Å². The SMILES string of the molecule is CCO[As](=O)(CC)N1CCOCC1. The summed E-state index contributed by atoms with van der Waals surface area (Å²) in [6, 6.07) is 0. The fraction of sp³-hybridized carbons (Fsp3) is 1.00. The fourth-order valence-electron chi connectivity index (χ4n) is 1.43. The number of hydrogen-bond acceptors (Lipinski definition) is 3. The van der Waals surface area contributed by atoms with Crippen molar-refractivity contribution in [3.63, 3.8) is 0 Å². The molecule has 1 rings (SSSR count). The predicted octanol–water partition coefficient (Wildman–Crippen LogP) is 0.744. The van der Waals surface area contributed by atoms with Gasteiger partial charge in [0.1, 0.15) is 0 Å². The zero-order valence-electron chi connectivity index (χ0n) is 8.36. The van der Waals surface area contributed by atoms with E-state index in [4.69, 9.17) is 8.46 Å². The Morgan fingerprint density at radius 1 is 1.38 bits per heavy atom. The van der Waals surface area contributed by atoms with Gasteiger partial charge in [0, 0.05) is 0 Å². The molecule has 0 aromatic rings. The zero-order valence-corrected chi connectivity index (χ0v) is 10.2. The van der Waals surface area contributed by atoms with Crippen LogP contribution in [0.3, 0.4) is 0 Å². The third kappa shape index (κ3) is 2.84. The molecule has 13 heavy (non-hydrogen) atoms. The molecule has 0 aromatic heterocycles. The molecule has 0 amide bonds. The van der Waals surface area contributed by atoms with Gasteiger partial charge in [-0.15, -0.1) is 0 Å². The monoisotopic (exact) mass is 251 g/mol. The topological polar surface area (TPSA) is 38.8 Å². The van der Waals surface area contributed by atoms with E-state index in [-0.39, 0.29) is 0 Å². The molecule has 0 spiro atoms. The van der Waals surface area contributed by atoms with Gasteiger partial charge in [-0.3, -0.25) is 0 Å². The van der Waals surface area contributed by atoms with Crippen LogP contribution in [0.15, 0.2) is 0 Å². The third-order valence-corrected chi connectivity index (χ3v) is 7.86. The number of ether oxygens (including phenoxy) is 1. The van der Waals surface area contributed by atoms with Crippen LogP contribution in [0.1, 0.15) is 13.8 Å². The van der Waals surface area contributed by atoms with E-state index in [0.29, 0.717) is 25.0 Å². The summed E-state index contributed by atoms with van der Waals surface area (Å²) in [5.74, 6) is 0. The fourth-order valence-corrected chi connectivity index (χ4v) is 5.47. The van der Waals surface area contributed by atoms with Crippen LogP contribution in [0.25, 0.3) is 0 Å². The normalized spacial score (nSPS) is 24.2. The molecule has 0 aliphatic carbocycles. The Bertz CT molecular complexity index is 192. The third-order valence-electron chi connectivity index (χ3n) is 2.15. The first-order valence-electron chi connectivity index (χ1n) is 4.79. The maximum atomic E-state index is 12.2. The second-order valence-corrected chi connectivity index (χ2v) is 8.67. The summed E-state index contributed by atoms with van der Waals surface area (Å²) >= 11 is -3.17. The molecule has 0 aromatic carbocycles. The van der Waals surface area contributed by atoms with Crippen molar-refractivity contribution in [3.05, 3.63) is 0 Å². The van der Waals surface area contributed by atoms with E-state index in [9.17, 15) is 3.74 Å². The van der Waals surface area contributed by atoms with Crippen LogP contribution in [0, 0.1) is 0 Å². The molecular formula is C8H18AsNO3. The Kier molecular flexibility index (Phi) is 4.53. The molecule has 1 atom stereocenters. The first-order chi connectivity index (χ1) is 6.23. The van der Waals surface area contributed by atoms with Crippen molar-refractivity contribution in [1.82, 2.24) is 3.82 Å². The average molecular weight is 251 g/mol. The Hall–Kier alpha value is 0.238. The Morgan fingerprint density at radius 2 is 2.00 bits per heavy atom. The molecule has 1 saturated heterocycles. The van der Waals surface area contributed by atoms with Gasteiger partial charge in [-0.05, 0) is 0 Å². The van der Waals surface area contributed by atoms with Crippen molar-refractivity contribution in [2.75, 3.05) is 32.9 Å². The van der Waals surface area contributed by atoms with Gasteiger partial charge >= 0.3 is 82.0 Å². The van der Waals surface area contributed by atoms with Crippen LogP contribution in [0.2, 0.25) is 5.21 Å². The van der Waals surface area contributed by atoms with Crippen LogP contribution in [-0.2, 0) is 12.2 Å². The van der Waals surface area contributed by atoms with E-state index in [0.717, 1.165) is 13.1 Å². The number of rotatable bonds is 4. The Morgan fingerprint density at radius 3 is 2.46 bits per heavy atom. The molecule has 1 heterocycles. The van der Waals surface area contributed by atoms with Crippen molar-refractivity contribution in [2.45, 2.75) is 19.1 Å². The van der Waals surface area contributed by atoms with Crippen LogP contribution >= 0.6 is 0 Å². The van der Waals surface area contributed by atoms with Gasteiger partial charge < -0.3 is 0 Å². The van der Waals surface area contributed by atoms with E-state index in [1.165, 1.54) is 0 Å². The Balaban J connectivity index is 2.57. The van der Waals surface area contributed by atoms with Gasteiger partial charge in [-0.25, -0.2) is 0 Å². The summed E-state index contributed by atoms with van der Waals surface area (Å²) in [6.07, 6.45) is 0. The van der Waals surface area contributed by atoms with Crippen molar-refractivity contribution in [1.29, 1.82) is 0 Å². The van der Waals surface area contributed by atoms with E-state index in [1.54, 1.807) is 0 Å². The summed E-state index contributed by atoms with van der Waals surface area (Å²) in [5.41, 5.74) is 0. The molecule has 1 aliphatic rings. The van der Waals surface area contributed by atoms with Gasteiger partial charge in [-0.2, -0.15) is 0 Å². The number of hydrogen-bond donors (Lipinski definition) is 0. The van der Waals surface area contributed by atoms with E-state index < -0.39 is 14.1 Å². The summed E-state index contributed by atoms with van der Waals surface area (Å²) in [4.78, 5) is 0. The molecule has 0 bridgehead atoms. The minimum absolute atomic E-state index is 0.543. The average Bonchev–Trinajstić information content (AvgIpc) is 2.19. The van der Waals surface area contributed by atoms with E-state index >= 15 is 0 Å². The van der Waals surface area contributed by atoms with Crippen LogP contribution in [0.4, 0.5) is 0 Å². The molecule has 78 valence electrons. The van der Waals surface area contributed by atoms with Crippen molar-refractivity contribution < 1.29 is 12.2 Å². The summed E-state index contributed by atoms with van der Waals surface area (Å²) < 4.78 is 24.9. The van der Waals surface area contributed by atoms with Gasteiger partial charge in [0.05, 0.1) is 0 Å². The van der Waals surface area contributed by atoms with Crippen molar-refractivity contribution >= 4 is 14.1 Å². The molecule has 0 saturated carbocycles. The zero-order chi connectivity index (χ0) is 9.73. The first kappa shape index (κ1) is 11.3. The molecule has 5 heteroatoms. The molecule has 1 unspecified atom stereocenters. The molecule has 0 radical (unpaired) electrons.